The maximum absolute atomic E-state index is 14.8. The fraction of sp³-hybridized carbons (Fsp3) is 0.600. The number of alkyl halides is 1. The minimum atomic E-state index is -1.79. The third kappa shape index (κ3) is 19.1. The second kappa shape index (κ2) is 32.4. The first-order chi connectivity index (χ1) is 40.7. The van der Waals surface area contributed by atoms with Gasteiger partial charge >= 0.3 is 5.97 Å². The number of aliphatic hydroxyl groups is 3. The van der Waals surface area contributed by atoms with E-state index in [1.807, 2.05) is 0 Å². The van der Waals surface area contributed by atoms with Crippen molar-refractivity contribution in [2.75, 3.05) is 50.4 Å². The SMILES string of the molecule is CCC(=O)N(CC(=O)O)N(CC(=O)CCCCC(=O)Cc1ccc2[nH]c3c(c2c1)C[C@H]1NC(=O)[C@H](C(C)C(O)CO)NC(=O)[C@@H]2C[C@@H](O)CN2C(=O)[C@H](CC(N)=O)CC(=O)[C@H](CS3)NC(=O)CNC(=O)[C@H]([C@@H](C)CC)NC(=O)CNC1=O)C(=O)CBr. The first-order valence-electron chi connectivity index (χ1n) is 28.2. The van der Waals surface area contributed by atoms with E-state index in [1.165, 1.54) is 13.8 Å². The highest BCUT2D eigenvalue weighted by atomic mass is 79.9. The van der Waals surface area contributed by atoms with Crippen LogP contribution < -0.4 is 37.6 Å². The van der Waals surface area contributed by atoms with Gasteiger partial charge in [0, 0.05) is 80.5 Å². The molecule has 0 saturated carbocycles. The minimum Gasteiger partial charge on any atom is -0.480 e. The van der Waals surface area contributed by atoms with Crippen molar-refractivity contribution in [2.24, 2.45) is 23.5 Å². The van der Waals surface area contributed by atoms with Gasteiger partial charge in [-0.2, -0.15) is 0 Å². The Labute approximate surface area is 507 Å². The number of nitrogens with one attached hydrogen (secondary N) is 7. The molecule has 0 spiro atoms. The number of hydrazine groups is 1. The van der Waals surface area contributed by atoms with E-state index < -0.39 is 202 Å². The van der Waals surface area contributed by atoms with Gasteiger partial charge < -0.3 is 67.9 Å². The summed E-state index contributed by atoms with van der Waals surface area (Å²) in [5.41, 5.74) is 6.75. The third-order valence-electron chi connectivity index (χ3n) is 15.2. The summed E-state index contributed by atoms with van der Waals surface area (Å²) in [5.74, 6) is -15.8. The fourth-order valence-corrected chi connectivity index (χ4v) is 11.6. The van der Waals surface area contributed by atoms with Gasteiger partial charge in [0.25, 0.3) is 5.91 Å². The number of ketones is 3. The zero-order valence-corrected chi connectivity index (χ0v) is 50.6. The second-order valence-electron chi connectivity index (χ2n) is 21.6. The number of fused-ring (bicyclic) bond motifs is 5. The molecule has 1 aromatic carbocycles. The molecule has 4 heterocycles. The van der Waals surface area contributed by atoms with Crippen LogP contribution in [0.25, 0.3) is 10.9 Å². The van der Waals surface area contributed by atoms with Gasteiger partial charge in [0.2, 0.25) is 53.2 Å². The highest BCUT2D eigenvalue weighted by Crippen LogP contribution is 2.34. The number of carboxylic acid groups (broad SMARTS) is 1. The molecule has 472 valence electrons. The number of Topliss-reactive ketones (excluding diaryl/α,β-unsaturated/α-hetero) is 3. The second-order valence-corrected chi connectivity index (χ2v) is 23.2. The van der Waals surface area contributed by atoms with E-state index in [0.29, 0.717) is 27.9 Å². The summed E-state index contributed by atoms with van der Waals surface area (Å²) in [7, 11) is 0. The quantitative estimate of drug-likeness (QED) is 0.0361. The number of nitrogens with zero attached hydrogens (tertiary/aromatic N) is 3. The lowest BCUT2D eigenvalue weighted by atomic mass is 9.93. The van der Waals surface area contributed by atoms with Gasteiger partial charge in [0.1, 0.15) is 43.0 Å². The molecule has 29 nitrogen and oxygen atoms in total. The number of halogens is 1. The van der Waals surface area contributed by atoms with Crippen LogP contribution in [-0.2, 0) is 80.0 Å². The Bertz CT molecular complexity index is 2930. The van der Waals surface area contributed by atoms with E-state index >= 15 is 0 Å². The van der Waals surface area contributed by atoms with E-state index in [1.54, 1.807) is 32.0 Å². The van der Waals surface area contributed by atoms with Crippen LogP contribution in [0.2, 0.25) is 0 Å². The van der Waals surface area contributed by atoms with Crippen molar-refractivity contribution in [3.05, 3.63) is 29.3 Å². The number of carboxylic acids is 1. The number of amides is 10. The molecule has 3 aliphatic rings. The standard InChI is InChI=1S/C55H76BrN11O18S/c1-5-27(3)48-52(83)59-20-43(75)60-38-26-86-54-35(34-14-29(11-12-36(34)62-54)13-31(69)9-7-8-10-32(70)23-66(46(78)19-56)67(24-47(79)80)45(77)6-2)18-37(50(81)58-21-44(76)63-48)61-53(84)49(28(4)41(73)25-68)64-51(82)39-17-33(71)22-65(39)55(85)30(15-40(38)72)16-42(57)74/h11-12,14,27-28,30,33,37-39,41,48-49,62,68,71,73H,5-10,13,15-26H2,1-4H3,(H2,57,74)(H,58,81)(H,59,83)(H,60,75)(H,61,84)(H,63,76)(H,64,82)(H,79,80)/t27-,28?,30-,33+,37+,38-,39-,41?,48-,49-/m0/s1. The van der Waals surface area contributed by atoms with Crippen molar-refractivity contribution >= 4 is 121 Å². The topological polar surface area (TPSA) is 444 Å². The van der Waals surface area contributed by atoms with Crippen LogP contribution in [0.3, 0.4) is 0 Å². The van der Waals surface area contributed by atoms with Crippen molar-refractivity contribution in [3.63, 3.8) is 0 Å². The molecule has 0 radical (unpaired) electrons. The van der Waals surface area contributed by atoms with E-state index in [2.05, 4.69) is 52.8 Å². The summed E-state index contributed by atoms with van der Waals surface area (Å²) in [6.45, 7) is 1.90. The van der Waals surface area contributed by atoms with Crippen molar-refractivity contribution < 1.29 is 87.5 Å². The monoisotopic (exact) mass is 1290 g/mol. The molecule has 2 unspecified atom stereocenters. The van der Waals surface area contributed by atoms with E-state index in [-0.39, 0.29) is 66.0 Å². The Balaban J connectivity index is 1.58. The summed E-state index contributed by atoms with van der Waals surface area (Å²) in [4.78, 5) is 194. The third-order valence-corrected chi connectivity index (χ3v) is 16.8. The molecule has 2 bridgehead atoms. The molecule has 1 fully saturated rings. The number of thioether (sulfide) groups is 1. The summed E-state index contributed by atoms with van der Waals surface area (Å²) in [5, 5.41) is 58.3. The highest BCUT2D eigenvalue weighted by molar-refractivity contribution is 9.09. The molecular weight excluding hydrogens is 1210 g/mol. The number of carbonyl (C=O) groups is 14. The van der Waals surface area contributed by atoms with Crippen LogP contribution in [0.15, 0.2) is 23.2 Å². The lowest BCUT2D eigenvalue weighted by Gasteiger charge is -2.32. The predicted octanol–water partition coefficient (Wildman–Crippen LogP) is -2.85. The van der Waals surface area contributed by atoms with Gasteiger partial charge in [0.05, 0.1) is 54.2 Å². The summed E-state index contributed by atoms with van der Waals surface area (Å²) in [6.07, 6.45) is -5.01. The summed E-state index contributed by atoms with van der Waals surface area (Å²) < 4.78 is 0. The lowest BCUT2D eigenvalue weighted by molar-refractivity contribution is -0.168. The van der Waals surface area contributed by atoms with Crippen LogP contribution in [0, 0.1) is 17.8 Å². The summed E-state index contributed by atoms with van der Waals surface area (Å²) >= 11 is 3.95. The van der Waals surface area contributed by atoms with Crippen LogP contribution in [0.1, 0.15) is 96.6 Å². The van der Waals surface area contributed by atoms with Crippen molar-refractivity contribution in [1.82, 2.24) is 51.8 Å². The van der Waals surface area contributed by atoms with Gasteiger partial charge in [0.15, 0.2) is 11.6 Å². The Morgan fingerprint density at radius 3 is 2.08 bits per heavy atom. The van der Waals surface area contributed by atoms with E-state index in [0.717, 1.165) is 21.7 Å². The van der Waals surface area contributed by atoms with Gasteiger partial charge in [-0.25, -0.2) is 10.0 Å². The Morgan fingerprint density at radius 2 is 1.45 bits per heavy atom. The molecular formula is C55H76BrN11O18S. The van der Waals surface area contributed by atoms with Crippen LogP contribution in [0.5, 0.6) is 0 Å². The van der Waals surface area contributed by atoms with Gasteiger partial charge in [-0.1, -0.05) is 56.1 Å². The number of rotatable bonds is 20. The average molecular weight is 1290 g/mol. The molecule has 10 amide bonds. The van der Waals surface area contributed by atoms with Crippen molar-refractivity contribution in [1.29, 1.82) is 0 Å². The number of aliphatic carboxylic acids is 1. The molecule has 31 heteroatoms. The number of H-pyrrole nitrogens is 1. The molecule has 10 atom stereocenters. The highest BCUT2D eigenvalue weighted by Gasteiger charge is 2.45. The van der Waals surface area contributed by atoms with Crippen LogP contribution >= 0.6 is 27.7 Å². The Morgan fingerprint density at radius 1 is 0.802 bits per heavy atom. The molecule has 5 rings (SSSR count). The van der Waals surface area contributed by atoms with Crippen molar-refractivity contribution in [3.8, 4) is 0 Å². The molecule has 13 N–H and O–H groups in total. The number of aromatic nitrogens is 1. The maximum Gasteiger partial charge on any atom is 0.325 e. The number of carbonyl (C=O) groups excluding carboxylic acids is 13. The van der Waals surface area contributed by atoms with Crippen LogP contribution in [0.4, 0.5) is 0 Å². The lowest BCUT2D eigenvalue weighted by Crippen LogP contribution is -2.60. The predicted molar refractivity (Wildman–Crippen MR) is 309 cm³/mol. The average Bonchev–Trinajstić information content (AvgIpc) is 2.03. The zero-order valence-electron chi connectivity index (χ0n) is 48.2. The molecule has 1 aromatic heterocycles. The number of aromatic amines is 1. The number of nitrogens with two attached hydrogens (primary N) is 1. The molecule has 86 heavy (non-hydrogen) atoms. The number of primary amides is 1. The zero-order chi connectivity index (χ0) is 63.7. The smallest absolute Gasteiger partial charge is 0.325 e. The Hall–Kier alpha value is -7.35. The number of hydrogen-bond donors (Lipinski definition) is 12. The number of aliphatic hydroxyl groups excluding tert-OH is 3. The first kappa shape index (κ1) is 69.4. The summed E-state index contributed by atoms with van der Waals surface area (Å²) in [6, 6.07) is -2.88. The molecule has 1 saturated heterocycles. The van der Waals surface area contributed by atoms with Crippen LogP contribution in [-0.4, -0.2) is 216 Å². The number of hydrogen-bond acceptors (Lipinski definition) is 18. The largest absolute Gasteiger partial charge is 0.480 e. The minimum absolute atomic E-state index is 0.0208. The molecule has 3 aliphatic heterocycles. The maximum atomic E-state index is 14.8. The molecule has 0 aliphatic carbocycles. The Kier molecular flexibility index (Phi) is 26.2. The number of benzene rings is 1. The first-order valence-corrected chi connectivity index (χ1v) is 30.3. The number of unbranched alkanes of at least 4 members (excludes halogenated alkanes) is 1. The van der Waals surface area contributed by atoms with Crippen molar-refractivity contribution in [2.45, 2.75) is 146 Å². The fourth-order valence-electron chi connectivity index (χ4n) is 10.2. The molecule has 2 aromatic rings. The van der Waals surface area contributed by atoms with Gasteiger partial charge in [-0.3, -0.25) is 67.1 Å². The normalized spacial score (nSPS) is 23.2. The van der Waals surface area contributed by atoms with E-state index in [9.17, 15) is 87.5 Å². The van der Waals surface area contributed by atoms with Gasteiger partial charge in [-0.05, 0) is 42.0 Å². The van der Waals surface area contributed by atoms with Gasteiger partial charge in [-0.15, -0.1) is 11.8 Å². The van der Waals surface area contributed by atoms with E-state index in [4.69, 9.17) is 5.73 Å².